The second kappa shape index (κ2) is 31.6. The van der Waals surface area contributed by atoms with Crippen LogP contribution in [0.2, 0.25) is 0 Å². The predicted octanol–water partition coefficient (Wildman–Crippen LogP) is 6.15. The number of unbranched alkanes of at least 4 members (excludes halogenated alkanes) is 4. The zero-order valence-electron chi connectivity index (χ0n) is 50.5. The Morgan fingerprint density at radius 2 is 1.00 bits per heavy atom. The normalized spacial score (nSPS) is 15.3. The van der Waals surface area contributed by atoms with Crippen LogP contribution in [0.1, 0.15) is 98.6 Å². The van der Waals surface area contributed by atoms with E-state index in [1.54, 1.807) is 0 Å². The zero-order chi connectivity index (χ0) is 60.4. The number of carboxylic acids is 1. The number of imide groups is 2. The van der Waals surface area contributed by atoms with Gasteiger partial charge in [0.15, 0.2) is 11.6 Å². The molecule has 5 amide bonds. The molecule has 8 heterocycles. The number of aromatic nitrogens is 6. The molecule has 8 N–H and O–H groups in total. The summed E-state index contributed by atoms with van der Waals surface area (Å²) in [5.41, 5.74) is 23.4. The molecule has 6 aromatic rings. The quantitative estimate of drug-likeness (QED) is 0.0225. The molecule has 23 heteroatoms. The number of carbonyl (C=O) groups excluding carboxylic acids is 5. The number of nitrogens with zero attached hydrogens (tertiary/aromatic N) is 11. The first-order valence-electron chi connectivity index (χ1n) is 29.7. The van der Waals surface area contributed by atoms with Crippen molar-refractivity contribution in [3.05, 3.63) is 126 Å². The molecule has 0 spiro atoms. The lowest BCUT2D eigenvalue weighted by Gasteiger charge is -2.35. The summed E-state index contributed by atoms with van der Waals surface area (Å²) in [5.74, 6) is -0.429. The van der Waals surface area contributed by atoms with E-state index in [-0.39, 0.29) is 57.0 Å². The van der Waals surface area contributed by atoms with Gasteiger partial charge < -0.3 is 54.0 Å². The first kappa shape index (κ1) is 65.0. The van der Waals surface area contributed by atoms with Crippen LogP contribution in [0.5, 0.6) is 0 Å². The van der Waals surface area contributed by atoms with E-state index in [1.165, 1.54) is 64.8 Å². The SMILES string of the molecule is CCCCCNc1nc(N)nc2ccn(Cc3ccc(CN4CCN(C(=O)CCN5C(=O)C=CC5=O)CC4)cc3C)c12.CCCCCNc1nc(N)nc2ccn(Cc3ccc(CN4CCNCC4)cc3C)c12.O=C(O)CCN1C(=O)C=CC1=O.[CH3-]. The van der Waals surface area contributed by atoms with Gasteiger partial charge in [0.2, 0.25) is 17.8 Å². The van der Waals surface area contributed by atoms with Crippen LogP contribution in [0.3, 0.4) is 0 Å². The highest BCUT2D eigenvalue weighted by atomic mass is 16.4. The van der Waals surface area contributed by atoms with Gasteiger partial charge in [0.1, 0.15) is 11.0 Å². The summed E-state index contributed by atoms with van der Waals surface area (Å²) in [6, 6.07) is 17.5. The highest BCUT2D eigenvalue weighted by molar-refractivity contribution is 6.13. The summed E-state index contributed by atoms with van der Waals surface area (Å²) in [5, 5.41) is 18.6. The number of nitrogens with one attached hydrogen (secondary N) is 3. The second-order valence-corrected chi connectivity index (χ2v) is 21.9. The second-order valence-electron chi connectivity index (χ2n) is 21.9. The summed E-state index contributed by atoms with van der Waals surface area (Å²) in [7, 11) is 0. The van der Waals surface area contributed by atoms with Gasteiger partial charge in [-0.2, -0.15) is 9.97 Å². The molecule has 10 rings (SSSR count). The average molecular weight is 1180 g/mol. The summed E-state index contributed by atoms with van der Waals surface area (Å²) in [6.45, 7) is 21.1. The third-order valence-electron chi connectivity index (χ3n) is 15.5. The van der Waals surface area contributed by atoms with Crippen molar-refractivity contribution in [1.82, 2.24) is 58.9 Å². The number of aliphatic carboxylic acids is 1. The third kappa shape index (κ3) is 17.8. The minimum absolute atomic E-state index is 0. The Balaban J connectivity index is 0.000000210. The molecule has 0 aliphatic carbocycles. The largest absolute Gasteiger partial charge is 0.481 e. The van der Waals surface area contributed by atoms with Crippen molar-refractivity contribution in [3.63, 3.8) is 0 Å². The summed E-state index contributed by atoms with van der Waals surface area (Å²) >= 11 is 0. The van der Waals surface area contributed by atoms with E-state index < -0.39 is 17.8 Å². The molecule has 4 aromatic heterocycles. The number of hydrogen-bond donors (Lipinski definition) is 6. The number of benzene rings is 2. The monoisotopic (exact) mass is 1180 g/mol. The van der Waals surface area contributed by atoms with E-state index in [0.29, 0.717) is 25.6 Å². The van der Waals surface area contributed by atoms with E-state index in [4.69, 9.17) is 16.6 Å². The van der Waals surface area contributed by atoms with Gasteiger partial charge in [-0.25, -0.2) is 9.97 Å². The molecule has 2 fully saturated rings. The minimum atomic E-state index is -1.03. The van der Waals surface area contributed by atoms with E-state index >= 15 is 0 Å². The molecule has 0 unspecified atom stereocenters. The van der Waals surface area contributed by atoms with Gasteiger partial charge in [-0.1, -0.05) is 75.9 Å². The number of aryl methyl sites for hydroxylation is 2. The van der Waals surface area contributed by atoms with E-state index in [9.17, 15) is 28.8 Å². The molecular formula is C63H85N16O7-. The molecule has 460 valence electrons. The van der Waals surface area contributed by atoms with Crippen LogP contribution in [0, 0.1) is 21.3 Å². The predicted molar refractivity (Wildman–Crippen MR) is 335 cm³/mol. The fourth-order valence-electron chi connectivity index (χ4n) is 10.8. The maximum Gasteiger partial charge on any atom is 0.305 e. The van der Waals surface area contributed by atoms with Gasteiger partial charge >= 0.3 is 5.97 Å². The molecule has 0 atom stereocenters. The zero-order valence-corrected chi connectivity index (χ0v) is 50.5. The minimum Gasteiger partial charge on any atom is -0.481 e. The van der Waals surface area contributed by atoms with Gasteiger partial charge in [0, 0.05) is 148 Å². The molecule has 86 heavy (non-hydrogen) atoms. The molecule has 0 saturated carbocycles. The fourth-order valence-corrected chi connectivity index (χ4v) is 10.8. The lowest BCUT2D eigenvalue weighted by molar-refractivity contribution is -0.142. The van der Waals surface area contributed by atoms with Crippen LogP contribution in [-0.4, -0.2) is 173 Å². The topological polar surface area (TPSA) is 288 Å². The maximum absolute atomic E-state index is 12.7. The fraction of sp³-hybridized carbons (Fsp3) is 0.444. The first-order valence-corrected chi connectivity index (χ1v) is 29.7. The number of hydrogen-bond acceptors (Lipinski definition) is 17. The van der Waals surface area contributed by atoms with Crippen molar-refractivity contribution in [2.75, 3.05) is 101 Å². The Labute approximate surface area is 503 Å². The van der Waals surface area contributed by atoms with Crippen LogP contribution in [0.25, 0.3) is 22.1 Å². The Morgan fingerprint density at radius 3 is 1.42 bits per heavy atom. The van der Waals surface area contributed by atoms with Crippen molar-refractivity contribution in [3.8, 4) is 0 Å². The smallest absolute Gasteiger partial charge is 0.305 e. The molecule has 4 aliphatic rings. The number of nitrogens with two attached hydrogens (primary N) is 2. The maximum atomic E-state index is 12.7. The van der Waals surface area contributed by atoms with E-state index in [1.807, 2.05) is 23.2 Å². The van der Waals surface area contributed by atoms with Crippen molar-refractivity contribution < 1.29 is 33.9 Å². The van der Waals surface area contributed by atoms with E-state index in [2.05, 4.69) is 125 Å². The van der Waals surface area contributed by atoms with Gasteiger partial charge in [-0.15, -0.1) is 0 Å². The number of rotatable bonds is 24. The number of piperazine rings is 2. The van der Waals surface area contributed by atoms with Crippen LogP contribution >= 0.6 is 0 Å². The van der Waals surface area contributed by atoms with Crippen molar-refractivity contribution in [1.29, 1.82) is 0 Å². The molecular weight excluding hydrogens is 1090 g/mol. The Bertz CT molecular complexity index is 3360. The Kier molecular flexibility index (Phi) is 23.9. The van der Waals surface area contributed by atoms with Crippen LogP contribution < -0.4 is 27.4 Å². The Morgan fingerprint density at radius 1 is 0.570 bits per heavy atom. The molecule has 0 bridgehead atoms. The van der Waals surface area contributed by atoms with Crippen molar-refractivity contribution in [2.24, 2.45) is 0 Å². The van der Waals surface area contributed by atoms with Gasteiger partial charge in [0.05, 0.1) is 17.5 Å². The number of carbonyl (C=O) groups is 6. The number of fused-ring (bicyclic) bond motifs is 2. The Hall–Kier alpha value is -8.54. The average Bonchev–Trinajstić information content (AvgIpc) is 2.13. The first-order chi connectivity index (χ1) is 41.1. The van der Waals surface area contributed by atoms with Crippen LogP contribution in [0.15, 0.2) is 85.2 Å². The molecule has 0 radical (unpaired) electrons. The number of anilines is 4. The molecule has 4 aliphatic heterocycles. The van der Waals surface area contributed by atoms with Crippen LogP contribution in [0.4, 0.5) is 23.5 Å². The van der Waals surface area contributed by atoms with Crippen molar-refractivity contribution >= 4 is 81.1 Å². The highest BCUT2D eigenvalue weighted by Gasteiger charge is 2.27. The summed E-state index contributed by atoms with van der Waals surface area (Å²) in [4.78, 5) is 94.4. The molecule has 2 saturated heterocycles. The van der Waals surface area contributed by atoms with Crippen molar-refractivity contribution in [2.45, 2.75) is 105 Å². The standard InChI is InChI=1S/C31H40N8O3.C24H35N7.C7H7NO4.CH3/c1-3-4-5-12-33-30-29-25(34-31(32)35-30)10-13-38(29)21-24-7-6-23(19-22(24)2)20-36-15-17-37(18-16-36)26(40)11-14-39-27(41)8-9-28(39)42;1-3-4-5-9-27-23-22-21(28-24(25)29-23)8-12-31(22)17-20-7-6-19(15-18(20)2)16-30-13-10-26-11-14-30;9-5-1-2-6(10)8(5)4-3-7(11)12;/h6-10,13,19H,3-5,11-12,14-18,20-21H2,1-2H3,(H3,32,33,34,35);6-8,12,15,26H,3-5,9-11,13-14,16-17H2,1-2H3,(H3,25,27,28,29);1-2H,3-4H2,(H,11,12);1H3/q;;;-1. The number of nitrogen functional groups attached to an aromatic ring is 2. The van der Waals surface area contributed by atoms with Gasteiger partial charge in [-0.3, -0.25) is 48.4 Å². The summed E-state index contributed by atoms with van der Waals surface area (Å²) < 4.78 is 4.41. The lowest BCUT2D eigenvalue weighted by atomic mass is 10.0. The molecule has 23 nitrogen and oxygen atoms in total. The van der Waals surface area contributed by atoms with E-state index in [0.717, 1.165) is 147 Å². The third-order valence-corrected chi connectivity index (χ3v) is 15.5. The lowest BCUT2D eigenvalue weighted by Crippen LogP contribution is -2.49. The van der Waals surface area contributed by atoms with Gasteiger partial charge in [-0.05, 0) is 72.2 Å². The number of carboxylic acid groups (broad SMARTS) is 1. The highest BCUT2D eigenvalue weighted by Crippen LogP contribution is 2.27. The van der Waals surface area contributed by atoms with Gasteiger partial charge in [0.25, 0.3) is 23.6 Å². The number of amides is 5. The van der Waals surface area contributed by atoms with Crippen LogP contribution in [-0.2, 0) is 54.9 Å². The molecule has 2 aromatic carbocycles. The summed E-state index contributed by atoms with van der Waals surface area (Å²) in [6.07, 6.45) is 15.8.